The van der Waals surface area contributed by atoms with Gasteiger partial charge in [-0.3, -0.25) is 0 Å². The fourth-order valence-electron chi connectivity index (χ4n) is 1.71. The van der Waals surface area contributed by atoms with Crippen LogP contribution in [0.5, 0.6) is 0 Å². The molecular formula is C14H15ClFN3. The molecule has 0 aliphatic heterocycles. The number of benzene rings is 1. The summed E-state index contributed by atoms with van der Waals surface area (Å²) in [6, 6.07) is 6.41. The van der Waals surface area contributed by atoms with Gasteiger partial charge >= 0.3 is 0 Å². The normalized spacial score (nSPS) is 10.5. The molecule has 0 bridgehead atoms. The summed E-state index contributed by atoms with van der Waals surface area (Å²) < 4.78 is 13.2. The molecule has 0 radical (unpaired) electrons. The van der Waals surface area contributed by atoms with E-state index in [1.54, 1.807) is 12.1 Å². The minimum Gasteiger partial charge on any atom is -0.370 e. The van der Waals surface area contributed by atoms with Crippen molar-refractivity contribution in [2.24, 2.45) is 0 Å². The van der Waals surface area contributed by atoms with Gasteiger partial charge < -0.3 is 5.32 Å². The number of aromatic nitrogens is 2. The van der Waals surface area contributed by atoms with Crippen LogP contribution in [0, 0.1) is 12.7 Å². The summed E-state index contributed by atoms with van der Waals surface area (Å²) in [5, 5.41) is 3.31. The first-order valence-electron chi connectivity index (χ1n) is 6.15. The first-order chi connectivity index (χ1) is 9.10. The van der Waals surface area contributed by atoms with E-state index in [0.717, 1.165) is 30.0 Å². The Bertz CT molecular complexity index is 587. The molecule has 2 aromatic rings. The van der Waals surface area contributed by atoms with Crippen molar-refractivity contribution in [2.45, 2.75) is 20.3 Å². The van der Waals surface area contributed by atoms with Crippen molar-refractivity contribution in [3.8, 4) is 11.3 Å². The Balaban J connectivity index is 2.37. The van der Waals surface area contributed by atoms with Gasteiger partial charge in [-0.1, -0.05) is 18.5 Å². The quantitative estimate of drug-likeness (QED) is 0.917. The van der Waals surface area contributed by atoms with Crippen LogP contribution in [0.15, 0.2) is 24.3 Å². The highest BCUT2D eigenvalue weighted by Crippen LogP contribution is 2.24. The molecule has 100 valence electrons. The van der Waals surface area contributed by atoms with Crippen molar-refractivity contribution in [3.05, 3.63) is 40.9 Å². The molecule has 1 heterocycles. The molecule has 1 N–H and O–H groups in total. The van der Waals surface area contributed by atoms with Crippen molar-refractivity contribution in [3.63, 3.8) is 0 Å². The highest BCUT2D eigenvalue weighted by atomic mass is 35.5. The van der Waals surface area contributed by atoms with Gasteiger partial charge in [0.25, 0.3) is 0 Å². The van der Waals surface area contributed by atoms with E-state index in [1.807, 2.05) is 13.0 Å². The second-order valence-electron chi connectivity index (χ2n) is 4.24. The maximum Gasteiger partial charge on any atom is 0.141 e. The van der Waals surface area contributed by atoms with E-state index in [2.05, 4.69) is 22.2 Å². The lowest BCUT2D eigenvalue weighted by molar-refractivity contribution is 0.628. The zero-order valence-corrected chi connectivity index (χ0v) is 11.6. The lowest BCUT2D eigenvalue weighted by atomic mass is 10.1. The highest BCUT2D eigenvalue weighted by Gasteiger charge is 2.07. The van der Waals surface area contributed by atoms with Gasteiger partial charge in [0.1, 0.15) is 17.5 Å². The van der Waals surface area contributed by atoms with Crippen LogP contribution in [-0.2, 0) is 0 Å². The van der Waals surface area contributed by atoms with Gasteiger partial charge in [0.2, 0.25) is 0 Å². The molecule has 2 rings (SSSR count). The first-order valence-corrected chi connectivity index (χ1v) is 6.53. The molecule has 0 saturated heterocycles. The number of rotatable bonds is 4. The molecule has 3 nitrogen and oxygen atoms in total. The smallest absolute Gasteiger partial charge is 0.141 e. The second-order valence-corrected chi connectivity index (χ2v) is 4.65. The Hall–Kier alpha value is -1.68. The summed E-state index contributed by atoms with van der Waals surface area (Å²) in [5.74, 6) is 1.00. The molecule has 1 aromatic carbocycles. The molecule has 0 fully saturated rings. The first kappa shape index (κ1) is 13.7. The summed E-state index contributed by atoms with van der Waals surface area (Å²) in [7, 11) is 0. The average molecular weight is 280 g/mol. The topological polar surface area (TPSA) is 37.8 Å². The fourth-order valence-corrected chi connectivity index (χ4v) is 1.90. The number of hydrogen-bond acceptors (Lipinski definition) is 3. The number of nitrogens with one attached hydrogen (secondary N) is 1. The van der Waals surface area contributed by atoms with Crippen molar-refractivity contribution in [1.29, 1.82) is 0 Å². The van der Waals surface area contributed by atoms with E-state index in [1.165, 1.54) is 6.07 Å². The molecular weight excluding hydrogens is 265 g/mol. The van der Waals surface area contributed by atoms with Gasteiger partial charge in [-0.25, -0.2) is 14.4 Å². The second kappa shape index (κ2) is 5.97. The largest absolute Gasteiger partial charge is 0.370 e. The number of anilines is 1. The lowest BCUT2D eigenvalue weighted by Gasteiger charge is -2.08. The van der Waals surface area contributed by atoms with Crippen molar-refractivity contribution in [1.82, 2.24) is 9.97 Å². The van der Waals surface area contributed by atoms with Crippen LogP contribution in [0.4, 0.5) is 10.2 Å². The summed E-state index contributed by atoms with van der Waals surface area (Å²) >= 11 is 5.79. The van der Waals surface area contributed by atoms with Gasteiger partial charge in [-0.05, 0) is 31.5 Å². The molecule has 0 aliphatic carbocycles. The van der Waals surface area contributed by atoms with Crippen LogP contribution < -0.4 is 5.32 Å². The number of hydrogen-bond donors (Lipinski definition) is 1. The summed E-state index contributed by atoms with van der Waals surface area (Å²) in [6.07, 6.45) is 1.01. The van der Waals surface area contributed by atoms with Gasteiger partial charge in [-0.15, -0.1) is 0 Å². The third kappa shape index (κ3) is 3.41. The Kier molecular flexibility index (Phi) is 4.32. The van der Waals surface area contributed by atoms with Crippen molar-refractivity contribution < 1.29 is 4.39 Å². The zero-order chi connectivity index (χ0) is 13.8. The van der Waals surface area contributed by atoms with Gasteiger partial charge in [0, 0.05) is 18.2 Å². The highest BCUT2D eigenvalue weighted by molar-refractivity contribution is 6.31. The molecule has 0 amide bonds. The van der Waals surface area contributed by atoms with Gasteiger partial charge in [0.15, 0.2) is 0 Å². The van der Waals surface area contributed by atoms with E-state index in [0.29, 0.717) is 5.82 Å². The lowest BCUT2D eigenvalue weighted by Crippen LogP contribution is -2.04. The Morgan fingerprint density at radius 2 is 2.05 bits per heavy atom. The number of aryl methyl sites for hydroxylation is 1. The molecule has 0 unspecified atom stereocenters. The maximum absolute atomic E-state index is 13.2. The van der Waals surface area contributed by atoms with Crippen LogP contribution in [0.1, 0.15) is 19.2 Å². The number of halogens is 2. The molecule has 0 spiro atoms. The molecule has 5 heteroatoms. The van der Waals surface area contributed by atoms with Crippen LogP contribution in [0.25, 0.3) is 11.3 Å². The minimum atomic E-state index is -0.430. The third-order valence-corrected chi connectivity index (χ3v) is 2.90. The Morgan fingerprint density at radius 3 is 2.74 bits per heavy atom. The van der Waals surface area contributed by atoms with Gasteiger partial charge in [0.05, 0.1) is 10.7 Å². The van der Waals surface area contributed by atoms with Crippen LogP contribution >= 0.6 is 11.6 Å². The molecule has 0 saturated carbocycles. The summed E-state index contributed by atoms with van der Waals surface area (Å²) in [5.41, 5.74) is 1.50. The van der Waals surface area contributed by atoms with Gasteiger partial charge in [-0.2, -0.15) is 0 Å². The van der Waals surface area contributed by atoms with E-state index < -0.39 is 5.82 Å². The monoisotopic (exact) mass is 279 g/mol. The van der Waals surface area contributed by atoms with Crippen LogP contribution in [0.3, 0.4) is 0 Å². The van der Waals surface area contributed by atoms with E-state index in [4.69, 9.17) is 11.6 Å². The standard InChI is InChI=1S/C14H15ClFN3/c1-3-6-17-14-8-13(18-9(2)19-14)10-4-5-12(16)11(15)7-10/h4-5,7-8H,3,6H2,1-2H3,(H,17,18,19). The van der Waals surface area contributed by atoms with Crippen molar-refractivity contribution in [2.75, 3.05) is 11.9 Å². The maximum atomic E-state index is 13.2. The Labute approximate surface area is 116 Å². The molecule has 1 aromatic heterocycles. The SMILES string of the molecule is CCCNc1cc(-c2ccc(F)c(Cl)c2)nc(C)n1. The zero-order valence-electron chi connectivity index (χ0n) is 10.9. The average Bonchev–Trinajstić information content (AvgIpc) is 2.39. The predicted molar refractivity (Wildman–Crippen MR) is 76.0 cm³/mol. The van der Waals surface area contributed by atoms with E-state index in [-0.39, 0.29) is 5.02 Å². The minimum absolute atomic E-state index is 0.0943. The van der Waals surface area contributed by atoms with Crippen molar-refractivity contribution >= 4 is 17.4 Å². The molecule has 0 aliphatic rings. The summed E-state index contributed by atoms with van der Waals surface area (Å²) in [4.78, 5) is 8.66. The number of nitrogens with zero attached hydrogens (tertiary/aromatic N) is 2. The van der Waals surface area contributed by atoms with Crippen LogP contribution in [0.2, 0.25) is 5.02 Å². The molecule has 19 heavy (non-hydrogen) atoms. The van der Waals surface area contributed by atoms with E-state index in [9.17, 15) is 4.39 Å². The predicted octanol–water partition coefficient (Wildman–Crippen LogP) is 4.07. The van der Waals surface area contributed by atoms with Crippen LogP contribution in [-0.4, -0.2) is 16.5 Å². The fraction of sp³-hybridized carbons (Fsp3) is 0.286. The third-order valence-electron chi connectivity index (χ3n) is 2.61. The summed E-state index contributed by atoms with van der Waals surface area (Å²) in [6.45, 7) is 4.76. The van der Waals surface area contributed by atoms with E-state index >= 15 is 0 Å². The Morgan fingerprint density at radius 1 is 1.26 bits per heavy atom. The molecule has 0 atom stereocenters.